The fourth-order valence-electron chi connectivity index (χ4n) is 1.99. The van der Waals surface area contributed by atoms with Crippen LogP contribution in [0, 0.1) is 19.8 Å². The van der Waals surface area contributed by atoms with Crippen LogP contribution < -0.4 is 5.32 Å². The van der Waals surface area contributed by atoms with Crippen LogP contribution in [0.3, 0.4) is 0 Å². The van der Waals surface area contributed by atoms with Crippen molar-refractivity contribution in [1.29, 1.82) is 0 Å². The van der Waals surface area contributed by atoms with E-state index in [4.69, 9.17) is 0 Å². The molecule has 5 heteroatoms. The van der Waals surface area contributed by atoms with E-state index in [0.717, 1.165) is 17.0 Å². The summed E-state index contributed by atoms with van der Waals surface area (Å²) in [5.74, 6) is 0.0687. The third kappa shape index (κ3) is 4.07. The lowest BCUT2D eigenvalue weighted by Gasteiger charge is -2.27. The molecule has 0 fully saturated rings. The average molecular weight is 281 g/mol. The third-order valence-corrected chi connectivity index (χ3v) is 4.15. The Morgan fingerprint density at radius 3 is 2.50 bits per heavy atom. The molecule has 0 aromatic carbocycles. The van der Waals surface area contributed by atoms with Crippen LogP contribution in [0.15, 0.2) is 0 Å². The van der Waals surface area contributed by atoms with Crippen molar-refractivity contribution in [2.45, 2.75) is 53.1 Å². The molecular weight excluding hydrogens is 254 g/mol. The van der Waals surface area contributed by atoms with E-state index in [-0.39, 0.29) is 18.4 Å². The molecule has 1 heterocycles. The van der Waals surface area contributed by atoms with Crippen LogP contribution in [-0.4, -0.2) is 32.9 Å². The zero-order chi connectivity index (χ0) is 15.5. The van der Waals surface area contributed by atoms with E-state index < -0.39 is 5.60 Å². The van der Waals surface area contributed by atoms with Gasteiger partial charge < -0.3 is 10.4 Å². The smallest absolute Gasteiger partial charge is 0.220 e. The van der Waals surface area contributed by atoms with E-state index in [9.17, 15) is 9.90 Å². The minimum absolute atomic E-state index is 0.0337. The van der Waals surface area contributed by atoms with Crippen molar-refractivity contribution in [1.82, 2.24) is 15.1 Å². The topological polar surface area (TPSA) is 67.2 Å². The maximum atomic E-state index is 11.9. The van der Waals surface area contributed by atoms with Gasteiger partial charge in [-0.2, -0.15) is 5.10 Å². The number of aryl methyl sites for hydroxylation is 2. The van der Waals surface area contributed by atoms with E-state index in [2.05, 4.69) is 10.4 Å². The number of aliphatic hydroxyl groups is 1. The summed E-state index contributed by atoms with van der Waals surface area (Å²) in [5, 5.41) is 17.2. The van der Waals surface area contributed by atoms with Crippen molar-refractivity contribution >= 4 is 5.91 Å². The molecule has 0 aliphatic heterocycles. The second-order valence-corrected chi connectivity index (χ2v) is 6.06. The first-order valence-electron chi connectivity index (χ1n) is 7.13. The standard InChI is InChI=1S/C15H27N3O2/c1-10(2)15(5,20)9-16-14(19)8-7-13-11(3)17-18(6)12(13)4/h10,20H,7-9H2,1-6H3,(H,16,19). The molecule has 1 unspecified atom stereocenters. The maximum absolute atomic E-state index is 11.9. The van der Waals surface area contributed by atoms with E-state index in [1.54, 1.807) is 6.92 Å². The minimum atomic E-state index is -0.865. The first-order chi connectivity index (χ1) is 9.15. The lowest BCUT2D eigenvalue weighted by molar-refractivity contribution is -0.122. The highest BCUT2D eigenvalue weighted by atomic mass is 16.3. The molecule has 0 bridgehead atoms. The maximum Gasteiger partial charge on any atom is 0.220 e. The molecule has 0 spiro atoms. The molecule has 0 saturated heterocycles. The van der Waals surface area contributed by atoms with Crippen molar-refractivity contribution in [3.63, 3.8) is 0 Å². The Hall–Kier alpha value is -1.36. The summed E-state index contributed by atoms with van der Waals surface area (Å²) >= 11 is 0. The molecule has 0 aliphatic carbocycles. The van der Waals surface area contributed by atoms with Crippen LogP contribution in [0.4, 0.5) is 0 Å². The van der Waals surface area contributed by atoms with Gasteiger partial charge >= 0.3 is 0 Å². The summed E-state index contributed by atoms with van der Waals surface area (Å²) in [6, 6.07) is 0. The number of hydrogen-bond acceptors (Lipinski definition) is 3. The van der Waals surface area contributed by atoms with Crippen LogP contribution in [0.1, 0.15) is 44.1 Å². The molecule has 20 heavy (non-hydrogen) atoms. The summed E-state index contributed by atoms with van der Waals surface area (Å²) in [6.07, 6.45) is 1.10. The molecule has 2 N–H and O–H groups in total. The number of amides is 1. The molecule has 1 aromatic heterocycles. The minimum Gasteiger partial charge on any atom is -0.388 e. The van der Waals surface area contributed by atoms with E-state index in [1.807, 2.05) is 39.4 Å². The Morgan fingerprint density at radius 2 is 2.05 bits per heavy atom. The number of nitrogens with one attached hydrogen (secondary N) is 1. The van der Waals surface area contributed by atoms with Crippen molar-refractivity contribution in [2.75, 3.05) is 6.54 Å². The van der Waals surface area contributed by atoms with Gasteiger partial charge in [-0.05, 0) is 38.7 Å². The Kier molecular flexibility index (Phi) is 5.34. The molecule has 0 aliphatic rings. The van der Waals surface area contributed by atoms with Crippen LogP contribution in [0.5, 0.6) is 0 Å². The first-order valence-corrected chi connectivity index (χ1v) is 7.13. The zero-order valence-electron chi connectivity index (χ0n) is 13.4. The summed E-state index contributed by atoms with van der Waals surface area (Å²) < 4.78 is 1.84. The second-order valence-electron chi connectivity index (χ2n) is 6.06. The van der Waals surface area contributed by atoms with Crippen molar-refractivity contribution in [3.8, 4) is 0 Å². The van der Waals surface area contributed by atoms with Gasteiger partial charge in [0.2, 0.25) is 5.91 Å². The zero-order valence-corrected chi connectivity index (χ0v) is 13.4. The monoisotopic (exact) mass is 281 g/mol. The Morgan fingerprint density at radius 1 is 1.45 bits per heavy atom. The molecule has 1 amide bonds. The lowest BCUT2D eigenvalue weighted by Crippen LogP contribution is -2.44. The van der Waals surface area contributed by atoms with Crippen LogP contribution in [-0.2, 0) is 18.3 Å². The molecule has 114 valence electrons. The SMILES string of the molecule is Cc1nn(C)c(C)c1CCC(=O)NCC(C)(O)C(C)C. The Balaban J connectivity index is 2.48. The molecule has 1 aromatic rings. The van der Waals surface area contributed by atoms with Gasteiger partial charge in [0.1, 0.15) is 0 Å². The number of rotatable bonds is 6. The number of hydrogen-bond donors (Lipinski definition) is 2. The molecule has 0 radical (unpaired) electrons. The number of nitrogens with zero attached hydrogens (tertiary/aromatic N) is 2. The lowest BCUT2D eigenvalue weighted by atomic mass is 9.92. The second kappa shape index (κ2) is 6.39. The van der Waals surface area contributed by atoms with E-state index in [1.165, 1.54) is 0 Å². The van der Waals surface area contributed by atoms with Gasteiger partial charge in [-0.3, -0.25) is 9.48 Å². The highest BCUT2D eigenvalue weighted by Gasteiger charge is 2.25. The summed E-state index contributed by atoms with van der Waals surface area (Å²) in [5.41, 5.74) is 2.35. The number of carbonyl (C=O) groups excluding carboxylic acids is 1. The van der Waals surface area contributed by atoms with Crippen molar-refractivity contribution in [3.05, 3.63) is 17.0 Å². The van der Waals surface area contributed by atoms with Crippen molar-refractivity contribution < 1.29 is 9.90 Å². The summed E-state index contributed by atoms with van der Waals surface area (Å²) in [7, 11) is 1.91. The van der Waals surface area contributed by atoms with Gasteiger partial charge in [0.25, 0.3) is 0 Å². The highest BCUT2D eigenvalue weighted by molar-refractivity contribution is 5.76. The van der Waals surface area contributed by atoms with Crippen LogP contribution in [0.25, 0.3) is 0 Å². The van der Waals surface area contributed by atoms with Gasteiger partial charge in [0.15, 0.2) is 0 Å². The third-order valence-electron chi connectivity index (χ3n) is 4.15. The van der Waals surface area contributed by atoms with Gasteiger partial charge in [0, 0.05) is 25.7 Å². The fourth-order valence-corrected chi connectivity index (χ4v) is 1.99. The number of carbonyl (C=O) groups is 1. The predicted octanol–water partition coefficient (Wildman–Crippen LogP) is 1.49. The van der Waals surface area contributed by atoms with E-state index in [0.29, 0.717) is 12.8 Å². The number of aromatic nitrogens is 2. The van der Waals surface area contributed by atoms with Crippen LogP contribution in [0.2, 0.25) is 0 Å². The largest absolute Gasteiger partial charge is 0.388 e. The van der Waals surface area contributed by atoms with Crippen molar-refractivity contribution in [2.24, 2.45) is 13.0 Å². The normalized spacial score (nSPS) is 14.4. The fraction of sp³-hybridized carbons (Fsp3) is 0.733. The van der Waals surface area contributed by atoms with Crippen LogP contribution >= 0.6 is 0 Å². The first kappa shape index (κ1) is 16.7. The van der Waals surface area contributed by atoms with Gasteiger partial charge in [-0.15, -0.1) is 0 Å². The molecule has 1 rings (SSSR count). The van der Waals surface area contributed by atoms with Gasteiger partial charge in [-0.25, -0.2) is 0 Å². The molecule has 5 nitrogen and oxygen atoms in total. The van der Waals surface area contributed by atoms with Gasteiger partial charge in [0.05, 0.1) is 11.3 Å². The summed E-state index contributed by atoms with van der Waals surface area (Å²) in [6.45, 7) is 9.88. The highest BCUT2D eigenvalue weighted by Crippen LogP contribution is 2.16. The quantitative estimate of drug-likeness (QED) is 0.830. The molecular formula is C15H27N3O2. The van der Waals surface area contributed by atoms with Gasteiger partial charge in [-0.1, -0.05) is 13.8 Å². The Bertz CT molecular complexity index is 476. The summed E-state index contributed by atoms with van der Waals surface area (Å²) in [4.78, 5) is 11.9. The average Bonchev–Trinajstić information content (AvgIpc) is 2.59. The molecule has 0 saturated carbocycles. The van der Waals surface area contributed by atoms with E-state index >= 15 is 0 Å². The Labute approximate surface area is 121 Å². The molecule has 1 atom stereocenters. The predicted molar refractivity (Wildman–Crippen MR) is 79.5 cm³/mol.